The van der Waals surface area contributed by atoms with Crippen LogP contribution in [0.5, 0.6) is 0 Å². The van der Waals surface area contributed by atoms with Crippen LogP contribution in [0.3, 0.4) is 0 Å². The average molecular weight is 1310 g/mol. The van der Waals surface area contributed by atoms with Crippen LogP contribution in [-0.4, -0.2) is 329 Å². The normalized spacial score (nSPS) is 25.8. The van der Waals surface area contributed by atoms with Gasteiger partial charge in [-0.2, -0.15) is 0 Å². The van der Waals surface area contributed by atoms with Crippen LogP contribution < -0.4 is 31.9 Å². The first-order valence-electron chi connectivity index (χ1n) is 30.5. The summed E-state index contributed by atoms with van der Waals surface area (Å²) in [5.41, 5.74) is -0.752. The lowest BCUT2D eigenvalue weighted by Gasteiger charge is -2.42. The van der Waals surface area contributed by atoms with Crippen molar-refractivity contribution in [3.05, 3.63) is 0 Å². The summed E-state index contributed by atoms with van der Waals surface area (Å²) in [5.74, 6) is -2.01. The van der Waals surface area contributed by atoms with Gasteiger partial charge >= 0.3 is 0 Å². The minimum atomic E-state index is -1.43. The van der Waals surface area contributed by atoms with Gasteiger partial charge in [-0.1, -0.05) is 6.92 Å². The summed E-state index contributed by atoms with van der Waals surface area (Å²) in [7, 11) is 0. The van der Waals surface area contributed by atoms with Gasteiger partial charge in [0.2, 0.25) is 35.4 Å². The smallest absolute Gasteiger partial charge is 0.222 e. The van der Waals surface area contributed by atoms with E-state index < -0.39 is 97.7 Å². The lowest BCUT2D eigenvalue weighted by atomic mass is 9.94. The standard InChI is InChI=1S/C56H102N6O28/c1-37(66)60-48-42(69)29-40(31-63)88-53(48)85-26-23-79-20-17-76-14-8-57-45(71)5-11-82-34-56(4,35-83-12-6-46(72)58-9-15-77-18-21-80-24-27-86-54-49(61-38(2)67)43(70)30-41(32-64)89-54)36-84-13-7-47(73)59-10-16-78-19-22-81-25-28-87-55-50(62-39(3)68)52(75)51(74)44(33-65)90-55/h40-44,48-55,63-65,69-70,74-75H,5-36H2,1-4H3,(H,57,71)(H,58,72)(H,59,73)(H,60,66)(H,61,67)(H,62,68). The van der Waals surface area contributed by atoms with Gasteiger partial charge in [0.15, 0.2) is 18.9 Å². The molecule has 3 heterocycles. The van der Waals surface area contributed by atoms with E-state index in [1.54, 1.807) is 0 Å². The Kier molecular flexibility index (Phi) is 42.5. The zero-order chi connectivity index (χ0) is 65.9. The first-order chi connectivity index (χ1) is 43.3. The molecule has 0 aromatic rings. The van der Waals surface area contributed by atoms with E-state index in [1.807, 2.05) is 6.92 Å². The average Bonchev–Trinajstić information content (AvgIpc) is 1.49. The molecule has 13 unspecified atom stereocenters. The van der Waals surface area contributed by atoms with Crippen LogP contribution in [0.15, 0.2) is 0 Å². The molecule has 3 aliphatic heterocycles. The van der Waals surface area contributed by atoms with Gasteiger partial charge in [0, 0.05) is 77.9 Å². The number of hydrogen-bond acceptors (Lipinski definition) is 28. The van der Waals surface area contributed by atoms with E-state index in [0.29, 0.717) is 0 Å². The van der Waals surface area contributed by atoms with Gasteiger partial charge in [0.1, 0.15) is 36.4 Å². The van der Waals surface area contributed by atoms with Crippen LogP contribution in [0.2, 0.25) is 0 Å². The molecule has 34 heteroatoms. The van der Waals surface area contributed by atoms with Gasteiger partial charge in [-0.25, -0.2) is 0 Å². The summed E-state index contributed by atoms with van der Waals surface area (Å²) in [6.07, 6.45) is -9.79. The third-order valence-electron chi connectivity index (χ3n) is 13.6. The highest BCUT2D eigenvalue weighted by Gasteiger charge is 2.46. The minimum Gasteiger partial charge on any atom is -0.394 e. The van der Waals surface area contributed by atoms with E-state index in [-0.39, 0.29) is 233 Å². The Hall–Kier alpha value is -4.06. The molecule has 0 radical (unpaired) electrons. The predicted molar refractivity (Wildman–Crippen MR) is 310 cm³/mol. The number of amides is 6. The second-order valence-electron chi connectivity index (χ2n) is 21.7. The maximum Gasteiger partial charge on any atom is 0.222 e. The summed E-state index contributed by atoms with van der Waals surface area (Å²) in [4.78, 5) is 72.6. The molecular weight excluding hydrogens is 1200 g/mol. The summed E-state index contributed by atoms with van der Waals surface area (Å²) in [5, 5.41) is 85.7. The summed E-state index contributed by atoms with van der Waals surface area (Å²) >= 11 is 0. The molecule has 0 saturated carbocycles. The molecule has 0 aliphatic carbocycles. The molecule has 6 amide bonds. The van der Waals surface area contributed by atoms with E-state index in [2.05, 4.69) is 31.9 Å². The van der Waals surface area contributed by atoms with Crippen molar-refractivity contribution >= 4 is 35.4 Å². The van der Waals surface area contributed by atoms with Crippen LogP contribution in [0, 0.1) is 5.41 Å². The second-order valence-corrected chi connectivity index (χ2v) is 21.7. The van der Waals surface area contributed by atoms with E-state index >= 15 is 0 Å². The fourth-order valence-corrected chi connectivity index (χ4v) is 9.05. The molecule has 0 aromatic heterocycles. The van der Waals surface area contributed by atoms with Crippen LogP contribution in [0.4, 0.5) is 0 Å². The Bertz CT molecular complexity index is 1890. The molecule has 13 atom stereocenters. The van der Waals surface area contributed by atoms with Gasteiger partial charge in [0.05, 0.1) is 183 Å². The molecule has 34 nitrogen and oxygen atoms in total. The van der Waals surface area contributed by atoms with Crippen molar-refractivity contribution in [1.29, 1.82) is 0 Å². The van der Waals surface area contributed by atoms with Crippen LogP contribution >= 0.6 is 0 Å². The predicted octanol–water partition coefficient (Wildman–Crippen LogP) is -6.40. The van der Waals surface area contributed by atoms with E-state index in [9.17, 15) is 64.5 Å². The number of nitrogens with one attached hydrogen (secondary N) is 6. The molecule has 3 fully saturated rings. The van der Waals surface area contributed by atoms with Crippen molar-refractivity contribution in [2.75, 3.05) is 178 Å². The first kappa shape index (κ1) is 80.2. The molecule has 3 saturated heterocycles. The molecule has 524 valence electrons. The maximum atomic E-state index is 12.6. The van der Waals surface area contributed by atoms with Crippen molar-refractivity contribution in [2.45, 2.75) is 140 Å². The molecule has 0 bridgehead atoms. The highest BCUT2D eigenvalue weighted by atomic mass is 16.7. The summed E-state index contributed by atoms with van der Waals surface area (Å²) in [6.45, 7) is 8.35. The topological polar surface area (TPSA) is 455 Å². The van der Waals surface area contributed by atoms with Crippen molar-refractivity contribution in [3.8, 4) is 0 Å². The SMILES string of the molecule is CC(=O)NC1C(O)CC(CO)OC1OCCOCCOCCNC(=O)CCOCC(C)(COCCC(=O)NCCOCCOCCOC1OC(CO)CC(O)C1NC(C)=O)COCCC(=O)NCCOCCOCCOC1OC(CO)C(O)C(O)C1NC(C)=O. The molecule has 0 aromatic carbocycles. The molecule has 90 heavy (non-hydrogen) atoms. The van der Waals surface area contributed by atoms with Gasteiger partial charge < -0.3 is 139 Å². The first-order valence-corrected chi connectivity index (χ1v) is 30.5. The largest absolute Gasteiger partial charge is 0.394 e. The second kappa shape index (κ2) is 47.8. The van der Waals surface area contributed by atoms with E-state index in [1.165, 1.54) is 20.8 Å². The molecule has 13 N–H and O–H groups in total. The third kappa shape index (κ3) is 34.7. The molecular formula is C56H102N6O28. The van der Waals surface area contributed by atoms with E-state index in [0.717, 1.165) is 0 Å². The fraction of sp³-hybridized carbons (Fsp3) is 0.893. The highest BCUT2D eigenvalue weighted by molar-refractivity contribution is 5.77. The Morgan fingerprint density at radius 2 is 0.711 bits per heavy atom. The van der Waals surface area contributed by atoms with Crippen LogP contribution in [-0.2, 0) is 99.8 Å². The zero-order valence-electron chi connectivity index (χ0n) is 52.3. The Balaban J connectivity index is 1.30. The lowest BCUT2D eigenvalue weighted by molar-refractivity contribution is -0.272. The van der Waals surface area contributed by atoms with Crippen LogP contribution in [0.25, 0.3) is 0 Å². The van der Waals surface area contributed by atoms with Crippen molar-refractivity contribution < 1.29 is 136 Å². The molecule has 0 spiro atoms. The summed E-state index contributed by atoms with van der Waals surface area (Å²) < 4.78 is 84.6. The zero-order valence-corrected chi connectivity index (χ0v) is 52.3. The number of hydrogen-bond donors (Lipinski definition) is 13. The lowest BCUT2D eigenvalue weighted by Crippen LogP contribution is -2.64. The number of aliphatic hydroxyl groups excluding tert-OH is 7. The van der Waals surface area contributed by atoms with E-state index in [4.69, 9.17) is 71.1 Å². The Labute approximate surface area is 524 Å². The highest BCUT2D eigenvalue weighted by Crippen LogP contribution is 2.25. The fourth-order valence-electron chi connectivity index (χ4n) is 9.05. The van der Waals surface area contributed by atoms with Gasteiger partial charge in [-0.15, -0.1) is 0 Å². The molecule has 3 rings (SSSR count). The van der Waals surface area contributed by atoms with Crippen molar-refractivity contribution in [1.82, 2.24) is 31.9 Å². The number of rotatable bonds is 51. The minimum absolute atomic E-state index is 0.00552. The van der Waals surface area contributed by atoms with Gasteiger partial charge in [-0.05, 0) is 0 Å². The number of carbonyl (C=O) groups excluding carboxylic acids is 6. The van der Waals surface area contributed by atoms with Crippen LogP contribution in [0.1, 0.15) is 59.8 Å². The Morgan fingerprint density at radius 1 is 0.400 bits per heavy atom. The number of ether oxygens (including phenoxy) is 15. The Morgan fingerprint density at radius 3 is 1.03 bits per heavy atom. The number of aliphatic hydroxyl groups is 7. The summed E-state index contributed by atoms with van der Waals surface area (Å²) in [6, 6.07) is -2.66. The third-order valence-corrected chi connectivity index (χ3v) is 13.6. The van der Waals surface area contributed by atoms with Gasteiger partial charge in [-0.3, -0.25) is 28.8 Å². The van der Waals surface area contributed by atoms with Crippen molar-refractivity contribution in [3.63, 3.8) is 0 Å². The monoisotopic (exact) mass is 1310 g/mol. The van der Waals surface area contributed by atoms with Crippen molar-refractivity contribution in [2.24, 2.45) is 5.41 Å². The maximum absolute atomic E-state index is 12.6. The quantitative estimate of drug-likeness (QED) is 0.0252. The number of carbonyl (C=O) groups is 6. The molecule has 3 aliphatic rings. The van der Waals surface area contributed by atoms with Gasteiger partial charge in [0.25, 0.3) is 0 Å².